The number of rotatable bonds is 3. The molecule has 1 aliphatic rings. The summed E-state index contributed by atoms with van der Waals surface area (Å²) in [7, 11) is 0. The number of hydrogen-bond acceptors (Lipinski definition) is 5. The van der Waals surface area contributed by atoms with Gasteiger partial charge in [-0.2, -0.15) is 0 Å². The highest BCUT2D eigenvalue weighted by Crippen LogP contribution is 2.38. The molecule has 1 aliphatic carbocycles. The largest absolute Gasteiger partial charge is 0.383 e. The molecular formula is C23H30ClN5O. The summed E-state index contributed by atoms with van der Waals surface area (Å²) in [6, 6.07) is 7.71. The Labute approximate surface area is 182 Å². The summed E-state index contributed by atoms with van der Waals surface area (Å²) >= 11 is 6.37. The van der Waals surface area contributed by atoms with E-state index in [4.69, 9.17) is 21.6 Å². The van der Waals surface area contributed by atoms with E-state index in [1.807, 2.05) is 24.3 Å². The fourth-order valence-corrected chi connectivity index (χ4v) is 4.33. The molecule has 7 heteroatoms. The van der Waals surface area contributed by atoms with Crippen molar-refractivity contribution >= 4 is 22.8 Å². The topological polar surface area (TPSA) is 76.7 Å². The van der Waals surface area contributed by atoms with Gasteiger partial charge in [-0.25, -0.2) is 14.6 Å². The van der Waals surface area contributed by atoms with Crippen molar-refractivity contribution in [2.45, 2.75) is 83.3 Å². The van der Waals surface area contributed by atoms with Gasteiger partial charge in [0, 0.05) is 10.4 Å². The van der Waals surface area contributed by atoms with Crippen molar-refractivity contribution in [3.8, 4) is 0 Å². The lowest BCUT2D eigenvalue weighted by molar-refractivity contribution is 0.00644. The second-order valence-corrected chi connectivity index (χ2v) is 9.86. The average molecular weight is 428 g/mol. The Kier molecular flexibility index (Phi) is 5.82. The molecule has 0 unspecified atom stereocenters. The van der Waals surface area contributed by atoms with E-state index in [1.54, 1.807) is 4.68 Å². The second-order valence-electron chi connectivity index (χ2n) is 9.46. The zero-order chi connectivity index (χ0) is 21.4. The van der Waals surface area contributed by atoms with E-state index in [2.05, 4.69) is 31.1 Å². The van der Waals surface area contributed by atoms with Crippen molar-refractivity contribution in [2.24, 2.45) is 0 Å². The van der Waals surface area contributed by atoms with Gasteiger partial charge in [0.25, 0.3) is 0 Å². The van der Waals surface area contributed by atoms with Gasteiger partial charge in [-0.1, -0.05) is 87.9 Å². The van der Waals surface area contributed by atoms with Gasteiger partial charge >= 0.3 is 0 Å². The van der Waals surface area contributed by atoms with Gasteiger partial charge in [0.05, 0.1) is 6.54 Å². The number of aromatic nitrogens is 5. The van der Waals surface area contributed by atoms with Gasteiger partial charge in [0.15, 0.2) is 11.2 Å². The number of benzene rings is 1. The van der Waals surface area contributed by atoms with Crippen LogP contribution >= 0.6 is 11.6 Å². The van der Waals surface area contributed by atoms with Gasteiger partial charge < -0.3 is 5.11 Å². The molecule has 4 rings (SSSR count). The van der Waals surface area contributed by atoms with Crippen molar-refractivity contribution in [3.05, 3.63) is 46.4 Å². The normalized spacial score (nSPS) is 17.6. The Morgan fingerprint density at radius 3 is 2.37 bits per heavy atom. The van der Waals surface area contributed by atoms with Crippen molar-refractivity contribution in [3.63, 3.8) is 0 Å². The zero-order valence-electron chi connectivity index (χ0n) is 18.0. The minimum Gasteiger partial charge on any atom is -0.383 e. The summed E-state index contributed by atoms with van der Waals surface area (Å²) in [6.07, 6.45) is 6.88. The summed E-state index contributed by atoms with van der Waals surface area (Å²) in [5, 5.41) is 21.2. The second kappa shape index (κ2) is 8.23. The summed E-state index contributed by atoms with van der Waals surface area (Å²) in [6.45, 7) is 6.72. The molecule has 160 valence electrons. The lowest BCUT2D eigenvalue weighted by Gasteiger charge is -2.30. The number of aliphatic hydroxyl groups is 1. The summed E-state index contributed by atoms with van der Waals surface area (Å²) < 4.78 is 1.77. The van der Waals surface area contributed by atoms with Crippen molar-refractivity contribution in [1.29, 1.82) is 0 Å². The monoisotopic (exact) mass is 427 g/mol. The SMILES string of the molecule is CC(C)(C)c1nc(C2(O)CCCCCCC2)c2nnn(Cc3ccccc3Cl)c2n1. The van der Waals surface area contributed by atoms with Crippen LogP contribution in [-0.4, -0.2) is 30.1 Å². The molecule has 3 aromatic rings. The minimum absolute atomic E-state index is 0.263. The molecule has 0 saturated heterocycles. The van der Waals surface area contributed by atoms with Gasteiger partial charge in [-0.05, 0) is 24.5 Å². The Bertz CT molecular complexity index is 1030. The molecule has 0 bridgehead atoms. The van der Waals surface area contributed by atoms with Crippen LogP contribution in [0.4, 0.5) is 0 Å². The molecule has 0 atom stereocenters. The predicted octanol–water partition coefficient (Wildman–Crippen LogP) is 5.15. The first-order valence-corrected chi connectivity index (χ1v) is 11.2. The number of nitrogens with zero attached hydrogens (tertiary/aromatic N) is 5. The molecule has 2 aromatic heterocycles. The van der Waals surface area contributed by atoms with Gasteiger partial charge in [0.2, 0.25) is 0 Å². The quantitative estimate of drug-likeness (QED) is 0.625. The molecule has 30 heavy (non-hydrogen) atoms. The summed E-state index contributed by atoms with van der Waals surface area (Å²) in [5.41, 5.74) is 1.57. The van der Waals surface area contributed by atoms with E-state index in [0.29, 0.717) is 47.1 Å². The average Bonchev–Trinajstić information content (AvgIpc) is 3.08. The number of halogens is 1. The Hall–Kier alpha value is -2.05. The standard InChI is InChI=1S/C23H30ClN5O/c1-22(2,3)21-25-19(23(30)13-9-5-4-6-10-14-23)18-20(26-21)29(28-27-18)15-16-11-7-8-12-17(16)24/h7-8,11-12,30H,4-6,9-10,13-15H2,1-3H3. The first-order valence-electron chi connectivity index (χ1n) is 10.9. The molecule has 1 saturated carbocycles. The van der Waals surface area contributed by atoms with Crippen LogP contribution < -0.4 is 0 Å². The fourth-order valence-electron chi connectivity index (χ4n) is 4.14. The molecule has 0 radical (unpaired) electrons. The molecule has 2 heterocycles. The van der Waals surface area contributed by atoms with Crippen LogP contribution in [0, 0.1) is 0 Å². The maximum Gasteiger partial charge on any atom is 0.182 e. The number of fused-ring (bicyclic) bond motifs is 1. The van der Waals surface area contributed by atoms with Crippen molar-refractivity contribution in [2.75, 3.05) is 0 Å². The number of hydrogen-bond donors (Lipinski definition) is 1. The third kappa shape index (κ3) is 4.21. The smallest absolute Gasteiger partial charge is 0.182 e. The lowest BCUT2D eigenvalue weighted by atomic mass is 9.83. The first-order chi connectivity index (χ1) is 14.3. The summed E-state index contributed by atoms with van der Waals surface area (Å²) in [5.74, 6) is 0.697. The van der Waals surface area contributed by atoms with Crippen LogP contribution in [0.5, 0.6) is 0 Å². The molecular weight excluding hydrogens is 398 g/mol. The van der Waals surface area contributed by atoms with E-state index >= 15 is 0 Å². The van der Waals surface area contributed by atoms with E-state index in [-0.39, 0.29) is 5.41 Å². The maximum atomic E-state index is 11.7. The molecule has 0 spiro atoms. The Morgan fingerprint density at radius 2 is 1.70 bits per heavy atom. The highest BCUT2D eigenvalue weighted by molar-refractivity contribution is 6.31. The van der Waals surface area contributed by atoms with E-state index in [9.17, 15) is 5.11 Å². The molecule has 0 amide bonds. The molecule has 6 nitrogen and oxygen atoms in total. The first kappa shape index (κ1) is 21.2. The van der Waals surface area contributed by atoms with Crippen molar-refractivity contribution < 1.29 is 5.11 Å². The van der Waals surface area contributed by atoms with Crippen LogP contribution in [0.1, 0.15) is 82.8 Å². The molecule has 1 N–H and O–H groups in total. The van der Waals surface area contributed by atoms with Crippen LogP contribution in [-0.2, 0) is 17.6 Å². The van der Waals surface area contributed by atoms with Crippen LogP contribution in [0.2, 0.25) is 5.02 Å². The van der Waals surface area contributed by atoms with E-state index in [1.165, 1.54) is 6.42 Å². The highest BCUT2D eigenvalue weighted by atomic mass is 35.5. The molecule has 1 fully saturated rings. The fraction of sp³-hybridized carbons (Fsp3) is 0.565. The van der Waals surface area contributed by atoms with E-state index < -0.39 is 5.60 Å². The van der Waals surface area contributed by atoms with Crippen LogP contribution in [0.25, 0.3) is 11.2 Å². The third-order valence-electron chi connectivity index (χ3n) is 5.93. The van der Waals surface area contributed by atoms with Crippen LogP contribution in [0.15, 0.2) is 24.3 Å². The minimum atomic E-state index is -0.993. The third-order valence-corrected chi connectivity index (χ3v) is 6.30. The molecule has 0 aliphatic heterocycles. The van der Waals surface area contributed by atoms with Gasteiger partial charge in [0.1, 0.15) is 17.1 Å². The van der Waals surface area contributed by atoms with E-state index in [0.717, 1.165) is 31.2 Å². The maximum absolute atomic E-state index is 11.7. The zero-order valence-corrected chi connectivity index (χ0v) is 18.8. The Balaban J connectivity index is 1.86. The Morgan fingerprint density at radius 1 is 1.03 bits per heavy atom. The van der Waals surface area contributed by atoms with Crippen molar-refractivity contribution in [1.82, 2.24) is 25.0 Å². The van der Waals surface area contributed by atoms with Gasteiger partial charge in [-0.15, -0.1) is 5.10 Å². The highest BCUT2D eigenvalue weighted by Gasteiger charge is 2.36. The molecule has 1 aromatic carbocycles. The predicted molar refractivity (Wildman–Crippen MR) is 119 cm³/mol. The lowest BCUT2D eigenvalue weighted by Crippen LogP contribution is -2.30. The van der Waals surface area contributed by atoms with Gasteiger partial charge in [-0.3, -0.25) is 0 Å². The van der Waals surface area contributed by atoms with Crippen LogP contribution in [0.3, 0.4) is 0 Å². The summed E-state index contributed by atoms with van der Waals surface area (Å²) in [4.78, 5) is 9.71.